The molecule has 0 fully saturated rings. The maximum absolute atomic E-state index is 13.4. The summed E-state index contributed by atoms with van der Waals surface area (Å²) in [6, 6.07) is 17.7. The van der Waals surface area contributed by atoms with Crippen molar-refractivity contribution < 1.29 is 58.1 Å². The van der Waals surface area contributed by atoms with Gasteiger partial charge >= 0.3 is 29.6 Å². The Kier molecular flexibility index (Phi) is 11.6. The van der Waals surface area contributed by atoms with Gasteiger partial charge in [0.05, 0.1) is 5.97 Å². The van der Waals surface area contributed by atoms with Crippen molar-refractivity contribution in [1.29, 1.82) is 0 Å². The number of hydrogen-bond donors (Lipinski definition) is 0. The number of sulfonamides is 1. The van der Waals surface area contributed by atoms with Gasteiger partial charge in [0.15, 0.2) is 0 Å². The van der Waals surface area contributed by atoms with Gasteiger partial charge in [0.25, 0.3) is 0 Å². The molecule has 182 valence electrons. The topological polar surface area (TPSA) is 131 Å². The number of rotatable bonds is 9. The molecule has 0 amide bonds. The van der Waals surface area contributed by atoms with Gasteiger partial charge in [-0.25, -0.2) is 8.42 Å². The molecule has 8 nitrogen and oxygen atoms in total. The maximum atomic E-state index is 13.4. The first-order valence-corrected chi connectivity index (χ1v) is 11.9. The molecule has 0 radical (unpaired) electrons. The zero-order valence-corrected chi connectivity index (χ0v) is 23.2. The normalized spacial score (nSPS) is 11.3. The average Bonchev–Trinajstić information content (AvgIpc) is 2.78. The van der Waals surface area contributed by atoms with E-state index in [2.05, 4.69) is 25.8 Å². The van der Waals surface area contributed by atoms with Gasteiger partial charge in [0.2, 0.25) is 10.0 Å². The number of carboxylic acids is 1. The molecule has 0 bridgehead atoms. The van der Waals surface area contributed by atoms with Gasteiger partial charge in [-0.2, -0.15) is 4.31 Å². The van der Waals surface area contributed by atoms with Crippen molar-refractivity contribution in [3.63, 3.8) is 0 Å². The van der Waals surface area contributed by atoms with E-state index in [1.54, 1.807) is 30.3 Å². The number of hydrogen-bond acceptors (Lipinski definition) is 6. The van der Waals surface area contributed by atoms with Gasteiger partial charge in [-0.1, -0.05) is 57.2 Å². The van der Waals surface area contributed by atoms with Crippen LogP contribution in [0.25, 0.3) is 0 Å². The van der Waals surface area contributed by atoms with E-state index < -0.39 is 22.6 Å². The monoisotopic (exact) mass is 508 g/mol. The molecule has 3 aromatic rings. The second-order valence-electron chi connectivity index (χ2n) is 8.72. The third-order valence-electron chi connectivity index (χ3n) is 5.07. The van der Waals surface area contributed by atoms with E-state index in [9.17, 15) is 18.3 Å². The van der Waals surface area contributed by atoms with Crippen molar-refractivity contribution in [2.75, 3.05) is 6.61 Å². The minimum atomic E-state index is -3.85. The van der Waals surface area contributed by atoms with Crippen LogP contribution in [0.15, 0.2) is 78.0 Å². The van der Waals surface area contributed by atoms with Crippen LogP contribution in [-0.2, 0) is 33.3 Å². The molecular weight excluding hydrogens is 479 g/mol. The number of aliphatic carboxylic acids is 1. The molecule has 0 unspecified atom stereocenters. The van der Waals surface area contributed by atoms with Gasteiger partial charge in [-0.3, -0.25) is 4.98 Å². The van der Waals surface area contributed by atoms with Crippen LogP contribution in [0.3, 0.4) is 0 Å². The summed E-state index contributed by atoms with van der Waals surface area (Å²) in [7, 11) is -3.85. The summed E-state index contributed by atoms with van der Waals surface area (Å²) in [6.07, 6.45) is 2.84. The number of carbonyl (C=O) groups is 1. The Morgan fingerprint density at radius 3 is 2.23 bits per heavy atom. The molecule has 10 heteroatoms. The SMILES string of the molecule is CC(C)(C)c1ccc(CN(Cc2cccc(OCC(=O)[O-])c2)S(=O)(=O)c2cccnc2)cc1.O.[Na+]. The smallest absolute Gasteiger partial charge is 0.546 e. The summed E-state index contributed by atoms with van der Waals surface area (Å²) in [5.74, 6) is -1.01. The molecule has 0 aliphatic rings. The molecular formula is C25H29N2NaO6S. The number of aromatic nitrogens is 1. The van der Waals surface area contributed by atoms with E-state index in [-0.39, 0.29) is 58.4 Å². The Bertz CT molecular complexity index is 1200. The van der Waals surface area contributed by atoms with Crippen molar-refractivity contribution in [1.82, 2.24) is 9.29 Å². The van der Waals surface area contributed by atoms with Crippen LogP contribution in [0.2, 0.25) is 0 Å². The van der Waals surface area contributed by atoms with Gasteiger partial charge < -0.3 is 20.1 Å². The van der Waals surface area contributed by atoms with E-state index in [1.165, 1.54) is 22.8 Å². The summed E-state index contributed by atoms with van der Waals surface area (Å²) >= 11 is 0. The van der Waals surface area contributed by atoms with Crippen LogP contribution in [-0.4, -0.2) is 35.8 Å². The third kappa shape index (κ3) is 8.71. The Morgan fingerprint density at radius 2 is 1.66 bits per heavy atom. The molecule has 2 N–H and O–H groups in total. The van der Waals surface area contributed by atoms with Gasteiger partial charge in [0, 0.05) is 25.5 Å². The second-order valence-corrected chi connectivity index (χ2v) is 10.7. The zero-order chi connectivity index (χ0) is 24.1. The van der Waals surface area contributed by atoms with Crippen molar-refractivity contribution in [2.24, 2.45) is 0 Å². The van der Waals surface area contributed by atoms with Crippen LogP contribution in [0.1, 0.15) is 37.5 Å². The average molecular weight is 509 g/mol. The Hall–Kier alpha value is -2.27. The minimum absolute atomic E-state index is 0. The molecule has 1 aromatic heterocycles. The van der Waals surface area contributed by atoms with E-state index >= 15 is 0 Å². The molecule has 0 saturated heterocycles. The number of nitrogens with zero attached hydrogens (tertiary/aromatic N) is 2. The Morgan fingerprint density at radius 1 is 1.00 bits per heavy atom. The molecule has 0 aliphatic heterocycles. The van der Waals surface area contributed by atoms with Crippen LogP contribution in [0.4, 0.5) is 0 Å². The molecule has 0 spiro atoms. The van der Waals surface area contributed by atoms with Crippen molar-refractivity contribution in [2.45, 2.75) is 44.2 Å². The molecule has 0 aliphatic carbocycles. The van der Waals surface area contributed by atoms with Crippen molar-refractivity contribution >= 4 is 16.0 Å². The van der Waals surface area contributed by atoms with Gasteiger partial charge in [-0.15, -0.1) is 0 Å². The van der Waals surface area contributed by atoms with E-state index in [4.69, 9.17) is 4.74 Å². The standard InChI is InChI=1S/C25H28N2O5S.Na.H2O/c1-25(2,3)21-11-9-19(10-12-21)16-27(33(30,31)23-8-5-13-26-15-23)17-20-6-4-7-22(14-20)32-18-24(28)29;;/h4-15H,16-18H2,1-3H3,(H,28,29);;1H2/q;+1;/p-1. The second kappa shape index (κ2) is 13.2. The predicted octanol–water partition coefficient (Wildman–Crippen LogP) is -0.922. The number of carbonyl (C=O) groups excluding carboxylic acids is 1. The largest absolute Gasteiger partial charge is 1.00 e. The Labute approximate surface area is 228 Å². The zero-order valence-electron chi connectivity index (χ0n) is 20.4. The fraction of sp³-hybridized carbons (Fsp3) is 0.280. The predicted molar refractivity (Wildman–Crippen MR) is 126 cm³/mol. The summed E-state index contributed by atoms with van der Waals surface area (Å²) in [6.45, 7) is 6.01. The van der Waals surface area contributed by atoms with E-state index in [0.717, 1.165) is 11.1 Å². The van der Waals surface area contributed by atoms with Gasteiger partial charge in [0.1, 0.15) is 17.3 Å². The van der Waals surface area contributed by atoms with Crippen molar-refractivity contribution in [3.05, 3.63) is 89.7 Å². The van der Waals surface area contributed by atoms with Crippen LogP contribution < -0.4 is 39.4 Å². The van der Waals surface area contributed by atoms with Crippen LogP contribution >= 0.6 is 0 Å². The van der Waals surface area contributed by atoms with Gasteiger partial charge in [-0.05, 0) is 46.4 Å². The first-order chi connectivity index (χ1) is 15.6. The molecule has 2 aromatic carbocycles. The Balaban J connectivity index is 0.00000306. The molecule has 35 heavy (non-hydrogen) atoms. The van der Waals surface area contributed by atoms with Crippen LogP contribution in [0.5, 0.6) is 5.75 Å². The summed E-state index contributed by atoms with van der Waals surface area (Å²) in [5.41, 5.74) is 2.65. The number of benzene rings is 2. The molecule has 0 saturated carbocycles. The van der Waals surface area contributed by atoms with Crippen LogP contribution in [0, 0.1) is 0 Å². The van der Waals surface area contributed by atoms with E-state index in [0.29, 0.717) is 11.3 Å². The molecule has 0 atom stereocenters. The number of ether oxygens (including phenoxy) is 1. The summed E-state index contributed by atoms with van der Waals surface area (Å²) < 4.78 is 33.4. The quantitative estimate of drug-likeness (QED) is 0.344. The first-order valence-electron chi connectivity index (χ1n) is 10.5. The molecule has 1 heterocycles. The maximum Gasteiger partial charge on any atom is 1.00 e. The fourth-order valence-electron chi connectivity index (χ4n) is 3.27. The molecule has 3 rings (SSSR count). The third-order valence-corrected chi connectivity index (χ3v) is 6.84. The number of carboxylic acid groups (broad SMARTS) is 1. The fourth-order valence-corrected chi connectivity index (χ4v) is 4.65. The van der Waals surface area contributed by atoms with E-state index in [1.807, 2.05) is 24.3 Å². The first kappa shape index (κ1) is 30.8. The van der Waals surface area contributed by atoms with Crippen molar-refractivity contribution in [3.8, 4) is 5.75 Å². The number of pyridine rings is 1. The minimum Gasteiger partial charge on any atom is -0.546 e. The summed E-state index contributed by atoms with van der Waals surface area (Å²) in [5, 5.41) is 10.7. The summed E-state index contributed by atoms with van der Waals surface area (Å²) in [4.78, 5) is 14.7.